The van der Waals surface area contributed by atoms with Crippen LogP contribution in [0.5, 0.6) is 0 Å². The zero-order chi connectivity index (χ0) is 12.8. The molecule has 0 spiro atoms. The summed E-state index contributed by atoms with van der Waals surface area (Å²) in [6.45, 7) is 5.34. The number of anilines is 1. The second kappa shape index (κ2) is 6.35. The van der Waals surface area contributed by atoms with E-state index in [1.165, 1.54) is 0 Å². The van der Waals surface area contributed by atoms with Crippen LogP contribution in [0.15, 0.2) is 18.3 Å². The maximum absolute atomic E-state index is 11.9. The number of pyridine rings is 1. The van der Waals surface area contributed by atoms with Gasteiger partial charge in [0.15, 0.2) is 0 Å². The largest absolute Gasteiger partial charge is 0.378 e. The third-order valence-corrected chi connectivity index (χ3v) is 2.92. The summed E-state index contributed by atoms with van der Waals surface area (Å²) in [6, 6.07) is 3.92. The molecule has 1 aliphatic heterocycles. The van der Waals surface area contributed by atoms with Gasteiger partial charge >= 0.3 is 0 Å². The van der Waals surface area contributed by atoms with Crippen LogP contribution in [-0.2, 0) is 9.53 Å². The van der Waals surface area contributed by atoms with E-state index in [1.54, 1.807) is 0 Å². The van der Waals surface area contributed by atoms with Gasteiger partial charge in [0.05, 0.1) is 13.2 Å². The molecule has 0 saturated carbocycles. The van der Waals surface area contributed by atoms with Gasteiger partial charge in [0.1, 0.15) is 5.82 Å². The van der Waals surface area contributed by atoms with E-state index >= 15 is 0 Å². The maximum atomic E-state index is 11.9. The van der Waals surface area contributed by atoms with Crippen LogP contribution in [0.2, 0.25) is 0 Å². The highest BCUT2D eigenvalue weighted by Crippen LogP contribution is 2.05. The fourth-order valence-electron chi connectivity index (χ4n) is 1.84. The van der Waals surface area contributed by atoms with E-state index < -0.39 is 0 Å². The van der Waals surface area contributed by atoms with E-state index in [4.69, 9.17) is 4.74 Å². The third kappa shape index (κ3) is 3.70. The van der Waals surface area contributed by atoms with Gasteiger partial charge in [0.2, 0.25) is 5.91 Å². The lowest BCUT2D eigenvalue weighted by Gasteiger charge is -2.26. The number of morpholine rings is 1. The van der Waals surface area contributed by atoms with Crippen molar-refractivity contribution in [1.29, 1.82) is 0 Å². The first-order chi connectivity index (χ1) is 8.75. The standard InChI is InChI=1S/C13H19N3O2/c1-11-2-3-12(15-10-11)14-5-4-13(17)16-6-8-18-9-7-16/h2-3,10H,4-9H2,1H3,(H,14,15). The van der Waals surface area contributed by atoms with Gasteiger partial charge in [0.25, 0.3) is 0 Å². The van der Waals surface area contributed by atoms with E-state index in [2.05, 4.69) is 10.3 Å². The average molecular weight is 249 g/mol. The van der Waals surface area contributed by atoms with Gasteiger partial charge in [-0.15, -0.1) is 0 Å². The molecule has 2 heterocycles. The molecule has 1 N–H and O–H groups in total. The van der Waals surface area contributed by atoms with Crippen LogP contribution in [-0.4, -0.2) is 48.6 Å². The Labute approximate surface area is 107 Å². The number of carbonyl (C=O) groups excluding carboxylic acids is 1. The first kappa shape index (κ1) is 12.8. The third-order valence-electron chi connectivity index (χ3n) is 2.92. The highest BCUT2D eigenvalue weighted by atomic mass is 16.5. The van der Waals surface area contributed by atoms with Crippen molar-refractivity contribution in [2.45, 2.75) is 13.3 Å². The molecule has 0 atom stereocenters. The molecule has 5 nitrogen and oxygen atoms in total. The van der Waals surface area contributed by atoms with Crippen LogP contribution in [0, 0.1) is 6.92 Å². The fourth-order valence-corrected chi connectivity index (χ4v) is 1.84. The van der Waals surface area contributed by atoms with Crippen LogP contribution in [0.4, 0.5) is 5.82 Å². The van der Waals surface area contributed by atoms with E-state index in [0.29, 0.717) is 39.3 Å². The van der Waals surface area contributed by atoms with Crippen molar-refractivity contribution in [2.75, 3.05) is 38.2 Å². The molecule has 0 bridgehead atoms. The Morgan fingerprint density at radius 3 is 2.89 bits per heavy atom. The lowest BCUT2D eigenvalue weighted by atomic mass is 10.3. The van der Waals surface area contributed by atoms with Gasteiger partial charge in [-0.3, -0.25) is 4.79 Å². The quantitative estimate of drug-likeness (QED) is 0.866. The summed E-state index contributed by atoms with van der Waals surface area (Å²) in [5, 5.41) is 3.15. The lowest BCUT2D eigenvalue weighted by molar-refractivity contribution is -0.134. The molecule has 18 heavy (non-hydrogen) atoms. The van der Waals surface area contributed by atoms with Gasteiger partial charge in [-0.25, -0.2) is 4.98 Å². The molecule has 5 heteroatoms. The number of aromatic nitrogens is 1. The summed E-state index contributed by atoms with van der Waals surface area (Å²) in [4.78, 5) is 17.9. The maximum Gasteiger partial charge on any atom is 0.224 e. The predicted octanol–water partition coefficient (Wildman–Crippen LogP) is 1.05. The Hall–Kier alpha value is -1.62. The zero-order valence-electron chi connectivity index (χ0n) is 10.7. The second-order valence-electron chi connectivity index (χ2n) is 4.39. The number of nitrogens with zero attached hydrogens (tertiary/aromatic N) is 2. The molecule has 0 aromatic carbocycles. The molecular weight excluding hydrogens is 230 g/mol. The number of rotatable bonds is 4. The summed E-state index contributed by atoms with van der Waals surface area (Å²) in [5.74, 6) is 0.994. The molecule has 98 valence electrons. The first-order valence-corrected chi connectivity index (χ1v) is 6.28. The minimum Gasteiger partial charge on any atom is -0.378 e. The molecule has 1 amide bonds. The molecule has 0 aliphatic carbocycles. The Morgan fingerprint density at radius 2 is 2.22 bits per heavy atom. The second-order valence-corrected chi connectivity index (χ2v) is 4.39. The Kier molecular flexibility index (Phi) is 4.52. The van der Waals surface area contributed by atoms with E-state index in [1.807, 2.05) is 30.2 Å². The molecule has 1 aliphatic rings. The summed E-state index contributed by atoms with van der Waals surface area (Å²) >= 11 is 0. The van der Waals surface area contributed by atoms with Crippen LogP contribution >= 0.6 is 0 Å². The number of nitrogens with one attached hydrogen (secondary N) is 1. The van der Waals surface area contributed by atoms with Crippen LogP contribution in [0.1, 0.15) is 12.0 Å². The van der Waals surface area contributed by atoms with Gasteiger partial charge < -0.3 is 15.0 Å². The highest BCUT2D eigenvalue weighted by Gasteiger charge is 2.15. The SMILES string of the molecule is Cc1ccc(NCCC(=O)N2CCOCC2)nc1. The molecule has 1 aromatic rings. The number of aryl methyl sites for hydroxylation is 1. The average Bonchev–Trinajstić information content (AvgIpc) is 2.42. The van der Waals surface area contributed by atoms with Crippen molar-refractivity contribution in [1.82, 2.24) is 9.88 Å². The van der Waals surface area contributed by atoms with E-state index in [-0.39, 0.29) is 5.91 Å². The molecule has 0 radical (unpaired) electrons. The monoisotopic (exact) mass is 249 g/mol. The topological polar surface area (TPSA) is 54.5 Å². The van der Waals surface area contributed by atoms with Crippen molar-refractivity contribution in [3.63, 3.8) is 0 Å². The Balaban J connectivity index is 1.71. The number of amides is 1. The zero-order valence-corrected chi connectivity index (χ0v) is 10.7. The molecular formula is C13H19N3O2. The van der Waals surface area contributed by atoms with E-state index in [9.17, 15) is 4.79 Å². The molecule has 2 rings (SSSR count). The van der Waals surface area contributed by atoms with Gasteiger partial charge in [-0.1, -0.05) is 6.07 Å². The van der Waals surface area contributed by atoms with Crippen molar-refractivity contribution in [2.24, 2.45) is 0 Å². The van der Waals surface area contributed by atoms with E-state index in [0.717, 1.165) is 11.4 Å². The lowest BCUT2D eigenvalue weighted by Crippen LogP contribution is -2.41. The molecule has 1 fully saturated rings. The Bertz CT molecular complexity index is 386. The number of hydrogen-bond acceptors (Lipinski definition) is 4. The van der Waals surface area contributed by atoms with Gasteiger partial charge in [-0.2, -0.15) is 0 Å². The Morgan fingerprint density at radius 1 is 1.44 bits per heavy atom. The van der Waals surface area contributed by atoms with Crippen LogP contribution < -0.4 is 5.32 Å². The highest BCUT2D eigenvalue weighted by molar-refractivity contribution is 5.76. The minimum atomic E-state index is 0.179. The smallest absolute Gasteiger partial charge is 0.224 e. The number of carbonyl (C=O) groups is 1. The number of ether oxygens (including phenoxy) is 1. The summed E-state index contributed by atoms with van der Waals surface area (Å²) in [5.41, 5.74) is 1.13. The molecule has 1 saturated heterocycles. The van der Waals surface area contributed by atoms with Crippen molar-refractivity contribution in [3.05, 3.63) is 23.9 Å². The van der Waals surface area contributed by atoms with Crippen LogP contribution in [0.25, 0.3) is 0 Å². The van der Waals surface area contributed by atoms with Crippen molar-refractivity contribution in [3.8, 4) is 0 Å². The van der Waals surface area contributed by atoms with Gasteiger partial charge in [-0.05, 0) is 18.6 Å². The predicted molar refractivity (Wildman–Crippen MR) is 69.5 cm³/mol. The van der Waals surface area contributed by atoms with Crippen molar-refractivity contribution >= 4 is 11.7 Å². The number of hydrogen-bond donors (Lipinski definition) is 1. The fraction of sp³-hybridized carbons (Fsp3) is 0.538. The summed E-state index contributed by atoms with van der Waals surface area (Å²) in [6.07, 6.45) is 2.31. The van der Waals surface area contributed by atoms with Gasteiger partial charge in [0, 0.05) is 32.3 Å². The summed E-state index contributed by atoms with van der Waals surface area (Å²) in [7, 11) is 0. The molecule has 0 unspecified atom stereocenters. The first-order valence-electron chi connectivity index (χ1n) is 6.28. The van der Waals surface area contributed by atoms with Crippen LogP contribution in [0.3, 0.4) is 0 Å². The summed E-state index contributed by atoms with van der Waals surface area (Å²) < 4.78 is 5.22. The minimum absolute atomic E-state index is 0.179. The van der Waals surface area contributed by atoms with Crippen molar-refractivity contribution < 1.29 is 9.53 Å². The normalized spacial score (nSPS) is 15.5. The molecule has 1 aromatic heterocycles.